The zero-order valence-corrected chi connectivity index (χ0v) is 17.3. The van der Waals surface area contributed by atoms with Crippen LogP contribution in [0, 0.1) is 5.92 Å². The van der Waals surface area contributed by atoms with E-state index in [9.17, 15) is 4.79 Å². The minimum Gasteiger partial charge on any atom is -0.341 e. The number of halogens is 2. The number of carbonyl (C=O) groups is 1. The molecule has 0 aliphatic carbocycles. The summed E-state index contributed by atoms with van der Waals surface area (Å²) < 4.78 is 0. The highest BCUT2D eigenvalue weighted by Crippen LogP contribution is 2.25. The predicted octanol–water partition coefficient (Wildman–Crippen LogP) is 3.47. The average molecular weight is 402 g/mol. The number of carbonyl (C=O) groups excluding carboxylic acids is 1. The molecule has 2 fully saturated rings. The first-order valence-electron chi connectivity index (χ1n) is 9.47. The molecule has 0 bridgehead atoms. The molecule has 0 spiro atoms. The Bertz CT molecular complexity index is 533. The van der Waals surface area contributed by atoms with Gasteiger partial charge in [0.15, 0.2) is 0 Å². The largest absolute Gasteiger partial charge is 0.341 e. The van der Waals surface area contributed by atoms with Gasteiger partial charge in [-0.3, -0.25) is 9.69 Å². The van der Waals surface area contributed by atoms with Gasteiger partial charge in [-0.15, -0.1) is 24.8 Å². The van der Waals surface area contributed by atoms with Gasteiger partial charge in [0, 0.05) is 25.7 Å². The topological polar surface area (TPSA) is 49.6 Å². The van der Waals surface area contributed by atoms with E-state index in [1.807, 2.05) is 6.07 Å². The van der Waals surface area contributed by atoms with Crippen molar-refractivity contribution in [2.75, 3.05) is 19.6 Å². The molecule has 26 heavy (non-hydrogen) atoms. The first-order chi connectivity index (χ1) is 11.6. The third-order valence-corrected chi connectivity index (χ3v) is 5.72. The van der Waals surface area contributed by atoms with E-state index in [1.54, 1.807) is 0 Å². The summed E-state index contributed by atoms with van der Waals surface area (Å²) in [6.07, 6.45) is 5.46. The number of nitrogens with zero attached hydrogens (tertiary/aromatic N) is 2. The van der Waals surface area contributed by atoms with Crippen molar-refractivity contribution in [2.45, 2.75) is 57.7 Å². The van der Waals surface area contributed by atoms with Gasteiger partial charge in [-0.05, 0) is 50.6 Å². The third-order valence-electron chi connectivity index (χ3n) is 5.72. The minimum atomic E-state index is 0. The van der Waals surface area contributed by atoms with Crippen LogP contribution in [0.15, 0.2) is 30.3 Å². The monoisotopic (exact) mass is 401 g/mol. The summed E-state index contributed by atoms with van der Waals surface area (Å²) in [7, 11) is 0. The molecular formula is C20H33Cl2N3O. The molecule has 2 atom stereocenters. The Labute approximate surface area is 170 Å². The van der Waals surface area contributed by atoms with Gasteiger partial charge in [-0.25, -0.2) is 0 Å². The van der Waals surface area contributed by atoms with E-state index < -0.39 is 0 Å². The summed E-state index contributed by atoms with van der Waals surface area (Å²) in [6, 6.07) is 10.8. The molecule has 1 aromatic carbocycles. The van der Waals surface area contributed by atoms with Gasteiger partial charge in [0.2, 0.25) is 5.91 Å². The molecule has 2 N–H and O–H groups in total. The van der Waals surface area contributed by atoms with Gasteiger partial charge < -0.3 is 10.6 Å². The molecule has 2 aliphatic heterocycles. The van der Waals surface area contributed by atoms with Crippen LogP contribution in [-0.2, 0) is 11.3 Å². The Morgan fingerprint density at radius 1 is 1.08 bits per heavy atom. The first kappa shape index (κ1) is 23.2. The molecule has 0 radical (unpaired) electrons. The van der Waals surface area contributed by atoms with E-state index >= 15 is 0 Å². The van der Waals surface area contributed by atoms with Crippen molar-refractivity contribution in [3.05, 3.63) is 35.9 Å². The molecule has 2 aliphatic rings. The van der Waals surface area contributed by atoms with Crippen LogP contribution in [0.3, 0.4) is 0 Å². The average Bonchev–Trinajstić information content (AvgIpc) is 2.62. The fraction of sp³-hybridized carbons (Fsp3) is 0.650. The van der Waals surface area contributed by atoms with Gasteiger partial charge in [-0.2, -0.15) is 0 Å². The number of likely N-dealkylation sites (tertiary alicyclic amines) is 2. The maximum absolute atomic E-state index is 13.1. The summed E-state index contributed by atoms with van der Waals surface area (Å²) in [6.45, 7) is 5.75. The van der Waals surface area contributed by atoms with E-state index in [2.05, 4.69) is 41.0 Å². The third kappa shape index (κ3) is 5.85. The van der Waals surface area contributed by atoms with Crippen LogP contribution in [0.5, 0.6) is 0 Å². The quantitative estimate of drug-likeness (QED) is 0.839. The zero-order chi connectivity index (χ0) is 16.9. The molecule has 148 valence electrons. The second-order valence-corrected chi connectivity index (χ2v) is 7.49. The SMILES string of the molecule is CC(N)C1CCN(C(=O)C2CCCCN2Cc2ccccc2)CC1.Cl.Cl. The highest BCUT2D eigenvalue weighted by atomic mass is 35.5. The summed E-state index contributed by atoms with van der Waals surface area (Å²) in [5, 5.41) is 0. The number of rotatable bonds is 4. The number of amides is 1. The van der Waals surface area contributed by atoms with Gasteiger partial charge in [-0.1, -0.05) is 36.8 Å². The highest BCUT2D eigenvalue weighted by molar-refractivity contribution is 5.85. The summed E-state index contributed by atoms with van der Waals surface area (Å²) >= 11 is 0. The Morgan fingerprint density at radius 3 is 2.35 bits per heavy atom. The number of benzene rings is 1. The summed E-state index contributed by atoms with van der Waals surface area (Å²) in [4.78, 5) is 17.6. The van der Waals surface area contributed by atoms with Gasteiger partial charge in [0.05, 0.1) is 6.04 Å². The molecule has 0 aromatic heterocycles. The molecule has 2 saturated heterocycles. The van der Waals surface area contributed by atoms with Crippen molar-refractivity contribution in [3.63, 3.8) is 0 Å². The minimum absolute atomic E-state index is 0. The fourth-order valence-corrected chi connectivity index (χ4v) is 4.13. The summed E-state index contributed by atoms with van der Waals surface area (Å²) in [5.74, 6) is 0.912. The molecule has 6 heteroatoms. The van der Waals surface area contributed by atoms with Crippen LogP contribution in [-0.4, -0.2) is 47.4 Å². The molecule has 2 unspecified atom stereocenters. The fourth-order valence-electron chi connectivity index (χ4n) is 4.13. The van der Waals surface area contributed by atoms with Crippen LogP contribution in [0.1, 0.15) is 44.6 Å². The van der Waals surface area contributed by atoms with Crippen molar-refractivity contribution < 1.29 is 4.79 Å². The van der Waals surface area contributed by atoms with Crippen molar-refractivity contribution in [3.8, 4) is 0 Å². The van der Waals surface area contributed by atoms with Crippen LogP contribution in [0.4, 0.5) is 0 Å². The molecule has 4 nitrogen and oxygen atoms in total. The van der Waals surface area contributed by atoms with Crippen molar-refractivity contribution in [1.29, 1.82) is 0 Å². The Hall–Kier alpha value is -0.810. The van der Waals surface area contributed by atoms with Gasteiger partial charge in [0.25, 0.3) is 0 Å². The van der Waals surface area contributed by atoms with Crippen molar-refractivity contribution >= 4 is 30.7 Å². The number of nitrogens with two attached hydrogens (primary N) is 1. The normalized spacial score (nSPS) is 22.8. The Morgan fingerprint density at radius 2 is 1.73 bits per heavy atom. The predicted molar refractivity (Wildman–Crippen MR) is 112 cm³/mol. The molecule has 1 aromatic rings. The van der Waals surface area contributed by atoms with E-state index in [0.717, 1.165) is 51.9 Å². The van der Waals surface area contributed by atoms with Gasteiger partial charge in [0.1, 0.15) is 0 Å². The lowest BCUT2D eigenvalue weighted by molar-refractivity contribution is -0.140. The van der Waals surface area contributed by atoms with Crippen LogP contribution >= 0.6 is 24.8 Å². The van der Waals surface area contributed by atoms with Crippen molar-refractivity contribution in [2.24, 2.45) is 11.7 Å². The molecule has 3 rings (SSSR count). The lowest BCUT2D eigenvalue weighted by atomic mass is 9.90. The number of hydrogen-bond donors (Lipinski definition) is 1. The molecule has 2 heterocycles. The van der Waals surface area contributed by atoms with Crippen LogP contribution in [0.2, 0.25) is 0 Å². The van der Waals surface area contributed by atoms with E-state index in [-0.39, 0.29) is 36.9 Å². The second-order valence-electron chi connectivity index (χ2n) is 7.49. The van der Waals surface area contributed by atoms with Crippen LogP contribution in [0.25, 0.3) is 0 Å². The lowest BCUT2D eigenvalue weighted by Gasteiger charge is -2.40. The Kier molecular flexibility index (Phi) is 9.94. The first-order valence-corrected chi connectivity index (χ1v) is 9.47. The van der Waals surface area contributed by atoms with Gasteiger partial charge >= 0.3 is 0 Å². The maximum atomic E-state index is 13.1. The number of piperidine rings is 2. The zero-order valence-electron chi connectivity index (χ0n) is 15.7. The smallest absolute Gasteiger partial charge is 0.239 e. The molecule has 0 saturated carbocycles. The summed E-state index contributed by atoms with van der Waals surface area (Å²) in [5.41, 5.74) is 7.33. The molecular weight excluding hydrogens is 369 g/mol. The Balaban J connectivity index is 0.00000169. The van der Waals surface area contributed by atoms with Crippen molar-refractivity contribution in [1.82, 2.24) is 9.80 Å². The van der Waals surface area contributed by atoms with E-state index in [0.29, 0.717) is 11.8 Å². The highest BCUT2D eigenvalue weighted by Gasteiger charge is 2.34. The van der Waals surface area contributed by atoms with E-state index in [4.69, 9.17) is 5.73 Å². The maximum Gasteiger partial charge on any atom is 0.239 e. The lowest BCUT2D eigenvalue weighted by Crippen LogP contribution is -2.53. The van der Waals surface area contributed by atoms with Crippen LogP contribution < -0.4 is 5.73 Å². The van der Waals surface area contributed by atoms with E-state index in [1.165, 1.54) is 12.0 Å². The number of hydrogen-bond acceptors (Lipinski definition) is 3. The standard InChI is InChI=1S/C20H31N3O.2ClH/c1-16(21)18-10-13-22(14-11-18)20(24)19-9-5-6-12-23(19)15-17-7-3-2-4-8-17;;/h2-4,7-8,16,18-19H,5-6,9-15,21H2,1H3;2*1H. The molecule has 1 amide bonds. The second kappa shape index (κ2) is 11.1.